The van der Waals surface area contributed by atoms with E-state index in [-0.39, 0.29) is 0 Å². The van der Waals surface area contributed by atoms with E-state index in [9.17, 15) is 5.11 Å². The fraction of sp³-hybridized carbons (Fsp3) is 0.667. The van der Waals surface area contributed by atoms with E-state index in [0.717, 1.165) is 5.82 Å². The van der Waals surface area contributed by atoms with Gasteiger partial charge in [-0.2, -0.15) is 0 Å². The van der Waals surface area contributed by atoms with Crippen LogP contribution in [-0.2, 0) is 4.74 Å². The monoisotopic (exact) mass is 254 g/mol. The van der Waals surface area contributed by atoms with E-state index in [2.05, 4.69) is 20.6 Å². The third-order valence-electron chi connectivity index (χ3n) is 2.59. The van der Waals surface area contributed by atoms with Crippen LogP contribution in [0, 0.1) is 6.92 Å². The van der Waals surface area contributed by atoms with Crippen LogP contribution in [0.1, 0.15) is 19.2 Å². The number of methoxy groups -OCH3 is 1. The Morgan fingerprint density at radius 2 is 2.06 bits per heavy atom. The highest BCUT2D eigenvalue weighted by Crippen LogP contribution is 2.14. The maximum absolute atomic E-state index is 10.1. The summed E-state index contributed by atoms with van der Waals surface area (Å²) in [7, 11) is 3.43. The van der Waals surface area contributed by atoms with Gasteiger partial charge in [0, 0.05) is 39.8 Å². The average Bonchev–Trinajstić information content (AvgIpc) is 2.33. The molecule has 0 spiro atoms. The normalized spacial score (nSPS) is 14.1. The van der Waals surface area contributed by atoms with Crippen LogP contribution in [0.3, 0.4) is 0 Å². The molecule has 0 aromatic carbocycles. The number of aliphatic hydroxyl groups is 1. The third kappa shape index (κ3) is 4.85. The highest BCUT2D eigenvalue weighted by Gasteiger charge is 2.19. The summed E-state index contributed by atoms with van der Waals surface area (Å²) in [6.07, 6.45) is 0.569. The van der Waals surface area contributed by atoms with Gasteiger partial charge < -0.3 is 20.5 Å². The van der Waals surface area contributed by atoms with E-state index in [4.69, 9.17) is 4.74 Å². The van der Waals surface area contributed by atoms with Crippen LogP contribution in [0.5, 0.6) is 0 Å². The minimum atomic E-state index is -0.825. The summed E-state index contributed by atoms with van der Waals surface area (Å²) in [4.78, 5) is 8.46. The summed E-state index contributed by atoms with van der Waals surface area (Å²) in [5, 5.41) is 16.2. The molecule has 6 heteroatoms. The topological polar surface area (TPSA) is 79.3 Å². The van der Waals surface area contributed by atoms with Crippen molar-refractivity contribution in [3.8, 4) is 0 Å². The molecule has 0 aliphatic rings. The first-order chi connectivity index (χ1) is 8.46. The zero-order chi connectivity index (χ0) is 13.6. The van der Waals surface area contributed by atoms with Gasteiger partial charge in [0.15, 0.2) is 0 Å². The lowest BCUT2D eigenvalue weighted by molar-refractivity contribution is 0.0357. The van der Waals surface area contributed by atoms with Crippen LogP contribution in [0.15, 0.2) is 6.07 Å². The number of nitrogens with one attached hydrogen (secondary N) is 2. The third-order valence-corrected chi connectivity index (χ3v) is 2.59. The quantitative estimate of drug-likeness (QED) is 0.674. The van der Waals surface area contributed by atoms with Crippen LogP contribution in [0.4, 0.5) is 11.6 Å². The molecule has 0 aliphatic heterocycles. The highest BCUT2D eigenvalue weighted by atomic mass is 16.5. The lowest BCUT2D eigenvalue weighted by atomic mass is 10.0. The number of hydrogen-bond acceptors (Lipinski definition) is 6. The molecule has 3 N–H and O–H groups in total. The number of rotatable bonds is 7. The molecule has 0 bridgehead atoms. The Kier molecular flexibility index (Phi) is 5.30. The maximum atomic E-state index is 10.1. The molecule has 1 atom stereocenters. The number of nitrogens with zero attached hydrogens (tertiary/aromatic N) is 2. The summed E-state index contributed by atoms with van der Waals surface area (Å²) in [6, 6.07) is 1.80. The highest BCUT2D eigenvalue weighted by molar-refractivity contribution is 5.47. The Morgan fingerprint density at radius 3 is 2.67 bits per heavy atom. The van der Waals surface area contributed by atoms with Crippen molar-refractivity contribution in [3.05, 3.63) is 11.9 Å². The van der Waals surface area contributed by atoms with Gasteiger partial charge >= 0.3 is 0 Å². The second kappa shape index (κ2) is 6.51. The molecule has 1 heterocycles. The predicted molar refractivity (Wildman–Crippen MR) is 71.9 cm³/mol. The second-order valence-electron chi connectivity index (χ2n) is 4.53. The molecule has 1 rings (SSSR count). The summed E-state index contributed by atoms with van der Waals surface area (Å²) in [6.45, 7) is 4.54. The van der Waals surface area contributed by atoms with E-state index >= 15 is 0 Å². The molecular formula is C12H22N4O2. The van der Waals surface area contributed by atoms with Crippen LogP contribution < -0.4 is 10.6 Å². The lowest BCUT2D eigenvalue weighted by Gasteiger charge is -2.23. The van der Waals surface area contributed by atoms with Crippen molar-refractivity contribution in [2.24, 2.45) is 0 Å². The minimum absolute atomic E-state index is 0.413. The fourth-order valence-electron chi connectivity index (χ4n) is 1.48. The van der Waals surface area contributed by atoms with Crippen molar-refractivity contribution in [2.75, 3.05) is 37.9 Å². The molecule has 102 valence electrons. The van der Waals surface area contributed by atoms with Gasteiger partial charge in [0.05, 0.1) is 5.60 Å². The van der Waals surface area contributed by atoms with Crippen LogP contribution in [0.2, 0.25) is 0 Å². The number of hydrogen-bond donors (Lipinski definition) is 3. The molecular weight excluding hydrogens is 232 g/mol. The Balaban J connectivity index is 2.59. The Hall–Kier alpha value is -1.40. The van der Waals surface area contributed by atoms with Crippen molar-refractivity contribution in [1.82, 2.24) is 9.97 Å². The van der Waals surface area contributed by atoms with E-state index in [1.54, 1.807) is 27.1 Å². The number of aromatic nitrogens is 2. The smallest absolute Gasteiger partial charge is 0.131 e. The zero-order valence-electron chi connectivity index (χ0n) is 11.4. The van der Waals surface area contributed by atoms with Crippen molar-refractivity contribution in [1.29, 1.82) is 0 Å². The summed E-state index contributed by atoms with van der Waals surface area (Å²) < 4.78 is 4.96. The van der Waals surface area contributed by atoms with Gasteiger partial charge in [-0.05, 0) is 13.8 Å². The van der Waals surface area contributed by atoms with E-state index in [0.29, 0.717) is 31.2 Å². The first-order valence-corrected chi connectivity index (χ1v) is 5.95. The molecule has 0 saturated heterocycles. The van der Waals surface area contributed by atoms with Crippen LogP contribution in [0.25, 0.3) is 0 Å². The summed E-state index contributed by atoms with van der Waals surface area (Å²) >= 11 is 0. The number of ether oxygens (including phenoxy) is 1. The molecule has 18 heavy (non-hydrogen) atoms. The summed E-state index contributed by atoms with van der Waals surface area (Å²) in [5.41, 5.74) is -0.825. The first kappa shape index (κ1) is 14.7. The van der Waals surface area contributed by atoms with Gasteiger partial charge in [-0.1, -0.05) is 0 Å². The Bertz CT molecular complexity index is 382. The first-order valence-electron chi connectivity index (χ1n) is 5.95. The molecule has 6 nitrogen and oxygen atoms in total. The molecule has 0 amide bonds. The number of aryl methyl sites for hydroxylation is 1. The average molecular weight is 254 g/mol. The predicted octanol–water partition coefficient (Wildman–Crippen LogP) is 1.03. The maximum Gasteiger partial charge on any atom is 0.131 e. The van der Waals surface area contributed by atoms with E-state index in [1.165, 1.54) is 0 Å². The molecule has 0 saturated carbocycles. The van der Waals surface area contributed by atoms with E-state index in [1.807, 2.05) is 6.92 Å². The van der Waals surface area contributed by atoms with Crippen LogP contribution >= 0.6 is 0 Å². The van der Waals surface area contributed by atoms with Gasteiger partial charge in [-0.3, -0.25) is 0 Å². The van der Waals surface area contributed by atoms with Gasteiger partial charge in [0.2, 0.25) is 0 Å². The second-order valence-corrected chi connectivity index (χ2v) is 4.53. The van der Waals surface area contributed by atoms with Crippen molar-refractivity contribution in [2.45, 2.75) is 25.9 Å². The van der Waals surface area contributed by atoms with Crippen molar-refractivity contribution in [3.63, 3.8) is 0 Å². The van der Waals surface area contributed by atoms with Crippen LogP contribution in [-0.4, -0.2) is 48.0 Å². The van der Waals surface area contributed by atoms with Gasteiger partial charge in [0.25, 0.3) is 0 Å². The van der Waals surface area contributed by atoms with E-state index < -0.39 is 5.60 Å². The molecule has 0 aliphatic carbocycles. The summed E-state index contributed by atoms with van der Waals surface area (Å²) in [5.74, 6) is 2.13. The Morgan fingerprint density at radius 1 is 1.39 bits per heavy atom. The molecule has 1 unspecified atom stereocenters. The Labute approximate surface area is 108 Å². The molecule has 1 aromatic rings. The molecule has 1 aromatic heterocycles. The molecule has 0 fully saturated rings. The van der Waals surface area contributed by atoms with Gasteiger partial charge in [0.1, 0.15) is 17.5 Å². The van der Waals surface area contributed by atoms with Crippen molar-refractivity contribution >= 4 is 11.6 Å². The van der Waals surface area contributed by atoms with Crippen molar-refractivity contribution < 1.29 is 9.84 Å². The lowest BCUT2D eigenvalue weighted by Crippen LogP contribution is -2.34. The van der Waals surface area contributed by atoms with Gasteiger partial charge in [-0.25, -0.2) is 9.97 Å². The van der Waals surface area contributed by atoms with Gasteiger partial charge in [-0.15, -0.1) is 0 Å². The largest absolute Gasteiger partial charge is 0.388 e. The standard InChI is InChI=1S/C12H22N4O2/c1-9-15-10(13-3)7-11(16-9)14-8-12(2,17)5-6-18-4/h7,17H,5-6,8H2,1-4H3,(H2,13,14,15,16). The number of anilines is 2. The zero-order valence-corrected chi connectivity index (χ0v) is 11.4. The fourth-order valence-corrected chi connectivity index (χ4v) is 1.48. The molecule has 0 radical (unpaired) electrons. The SMILES string of the molecule is CNc1cc(NCC(C)(O)CCOC)nc(C)n1. The minimum Gasteiger partial charge on any atom is -0.388 e.